The summed E-state index contributed by atoms with van der Waals surface area (Å²) in [5.41, 5.74) is 0. The molecule has 0 aliphatic carbocycles. The lowest BCUT2D eigenvalue weighted by atomic mass is 10.3. The Morgan fingerprint density at radius 1 is 1.32 bits per heavy atom. The van der Waals surface area contributed by atoms with E-state index in [1.165, 1.54) is 6.92 Å². The Hall–Kier alpha value is -0.950. The van der Waals surface area contributed by atoms with Crippen LogP contribution in [0.2, 0.25) is 0 Å². The molecule has 8 nitrogen and oxygen atoms in total. The zero-order valence-electron chi connectivity index (χ0n) is 10.9. The highest BCUT2D eigenvalue weighted by Crippen LogP contribution is 2.23. The van der Waals surface area contributed by atoms with E-state index in [2.05, 4.69) is 5.32 Å². The Labute approximate surface area is 112 Å². The van der Waals surface area contributed by atoms with E-state index in [0.29, 0.717) is 6.42 Å². The van der Waals surface area contributed by atoms with Crippen LogP contribution in [0.4, 0.5) is 4.79 Å². The van der Waals surface area contributed by atoms with E-state index in [-0.39, 0.29) is 19.1 Å². The monoisotopic (exact) mass is 297 g/mol. The molecule has 0 fully saturated rings. The fourth-order valence-electron chi connectivity index (χ4n) is 1.12. The van der Waals surface area contributed by atoms with Crippen LogP contribution in [0.3, 0.4) is 0 Å². The van der Waals surface area contributed by atoms with Gasteiger partial charge in [-0.3, -0.25) is 4.79 Å². The highest BCUT2D eigenvalue weighted by atomic mass is 31.2. The van der Waals surface area contributed by atoms with Crippen LogP contribution in [0.15, 0.2) is 0 Å². The van der Waals surface area contributed by atoms with E-state index >= 15 is 0 Å². The molecule has 0 aromatic carbocycles. The van der Waals surface area contributed by atoms with Crippen LogP contribution in [-0.4, -0.2) is 52.1 Å². The van der Waals surface area contributed by atoms with E-state index in [1.54, 1.807) is 0 Å². The van der Waals surface area contributed by atoms with Crippen molar-refractivity contribution in [2.24, 2.45) is 0 Å². The Bertz CT molecular complexity index is 287. The second kappa shape index (κ2) is 9.91. The first kappa shape index (κ1) is 18.0. The van der Waals surface area contributed by atoms with Gasteiger partial charge in [-0.05, 0) is 6.42 Å². The minimum atomic E-state index is -2.21. The summed E-state index contributed by atoms with van der Waals surface area (Å²) in [4.78, 5) is 39.6. The summed E-state index contributed by atoms with van der Waals surface area (Å²) < 4.78 is 9.47. The average Bonchev–Trinajstić information content (AvgIpc) is 2.25. The van der Waals surface area contributed by atoms with Crippen molar-refractivity contribution in [1.29, 1.82) is 0 Å². The molecule has 19 heavy (non-hydrogen) atoms. The van der Waals surface area contributed by atoms with Gasteiger partial charge in [0.05, 0.1) is 6.10 Å². The molecular weight excluding hydrogens is 277 g/mol. The van der Waals surface area contributed by atoms with Gasteiger partial charge in [-0.25, -0.2) is 4.79 Å². The number of hydrogen-bond acceptors (Lipinski definition) is 7. The van der Waals surface area contributed by atoms with Crippen LogP contribution >= 0.6 is 8.38 Å². The molecule has 4 N–H and O–H groups in total. The highest BCUT2D eigenvalue weighted by molar-refractivity contribution is 7.45. The van der Waals surface area contributed by atoms with Crippen LogP contribution in [0, 0.1) is 0 Å². The van der Waals surface area contributed by atoms with Gasteiger partial charge in [0.1, 0.15) is 0 Å². The summed E-state index contributed by atoms with van der Waals surface area (Å²) in [6.07, 6.45) is -2.32. The summed E-state index contributed by atoms with van der Waals surface area (Å²) in [6, 6.07) is 0. The van der Waals surface area contributed by atoms with Gasteiger partial charge in [0.25, 0.3) is 0 Å². The standard InChI is InChI=1S/C10H20NO7P/c1-3-4-9(13)17-7(2)18-10(14)11-5-8(12)6-19(15)16/h7-8,12,15-16H,3-6H2,1-2H3,(H,11,14)/t7?,8-/m0/s1. The quantitative estimate of drug-likeness (QED) is 0.283. The first-order valence-corrected chi connectivity index (χ1v) is 7.25. The van der Waals surface area contributed by atoms with Gasteiger partial charge in [-0.1, -0.05) is 6.92 Å². The molecule has 112 valence electrons. The highest BCUT2D eigenvalue weighted by Gasteiger charge is 2.15. The maximum absolute atomic E-state index is 11.2. The van der Waals surface area contributed by atoms with Gasteiger partial charge in [0, 0.05) is 26.1 Å². The number of carbonyl (C=O) groups excluding carboxylic acids is 2. The van der Waals surface area contributed by atoms with Crippen molar-refractivity contribution in [3.63, 3.8) is 0 Å². The smallest absolute Gasteiger partial charge is 0.410 e. The largest absolute Gasteiger partial charge is 0.425 e. The number of esters is 1. The van der Waals surface area contributed by atoms with E-state index in [1.807, 2.05) is 6.92 Å². The normalized spacial score (nSPS) is 13.8. The van der Waals surface area contributed by atoms with E-state index < -0.39 is 32.8 Å². The molecule has 2 atom stereocenters. The number of nitrogens with one attached hydrogen (secondary N) is 1. The predicted octanol–water partition coefficient (Wildman–Crippen LogP) is 0.0593. The molecule has 0 heterocycles. The lowest BCUT2D eigenvalue weighted by molar-refractivity contribution is -0.164. The average molecular weight is 297 g/mol. The van der Waals surface area contributed by atoms with Crippen molar-refractivity contribution in [3.8, 4) is 0 Å². The predicted molar refractivity (Wildman–Crippen MR) is 67.2 cm³/mol. The number of alkyl carbamates (subject to hydrolysis) is 1. The molecule has 0 bridgehead atoms. The van der Waals surface area contributed by atoms with Crippen molar-refractivity contribution in [1.82, 2.24) is 5.32 Å². The SMILES string of the molecule is CCCC(=O)OC(C)OC(=O)NC[C@H](O)CP(O)O. The summed E-state index contributed by atoms with van der Waals surface area (Å²) >= 11 is 0. The molecule has 9 heteroatoms. The van der Waals surface area contributed by atoms with Gasteiger partial charge in [-0.2, -0.15) is 0 Å². The third-order valence-corrected chi connectivity index (χ3v) is 2.63. The number of rotatable bonds is 8. The van der Waals surface area contributed by atoms with Crippen molar-refractivity contribution in [2.45, 2.75) is 39.1 Å². The Balaban J connectivity index is 3.81. The molecule has 0 saturated heterocycles. The molecule has 0 radical (unpaired) electrons. The minimum Gasteiger partial charge on any atom is -0.425 e. The van der Waals surface area contributed by atoms with Crippen LogP contribution in [0.1, 0.15) is 26.7 Å². The molecule has 0 aromatic rings. The van der Waals surface area contributed by atoms with E-state index in [4.69, 9.17) is 19.3 Å². The van der Waals surface area contributed by atoms with Gasteiger partial charge in [0.15, 0.2) is 8.38 Å². The van der Waals surface area contributed by atoms with Crippen LogP contribution < -0.4 is 5.32 Å². The number of hydrogen-bond donors (Lipinski definition) is 4. The molecule has 1 amide bonds. The topological polar surface area (TPSA) is 125 Å². The minimum absolute atomic E-state index is 0.186. The lowest BCUT2D eigenvalue weighted by Gasteiger charge is -2.16. The third-order valence-electron chi connectivity index (χ3n) is 1.88. The van der Waals surface area contributed by atoms with E-state index in [0.717, 1.165) is 0 Å². The summed E-state index contributed by atoms with van der Waals surface area (Å²) in [6.45, 7) is 3.02. The third kappa shape index (κ3) is 10.6. The molecular formula is C10H20NO7P. The van der Waals surface area contributed by atoms with Crippen molar-refractivity contribution in [3.05, 3.63) is 0 Å². The van der Waals surface area contributed by atoms with Crippen molar-refractivity contribution >= 4 is 20.4 Å². The molecule has 0 aromatic heterocycles. The van der Waals surface area contributed by atoms with Crippen LogP contribution in [0.5, 0.6) is 0 Å². The summed E-state index contributed by atoms with van der Waals surface area (Å²) in [5.74, 6) is -0.464. The second-order valence-electron chi connectivity index (χ2n) is 3.80. The molecule has 0 saturated carbocycles. The molecule has 0 aliphatic rings. The zero-order valence-corrected chi connectivity index (χ0v) is 11.8. The maximum Gasteiger partial charge on any atom is 0.410 e. The fraction of sp³-hybridized carbons (Fsp3) is 0.800. The number of aliphatic hydroxyl groups is 1. The van der Waals surface area contributed by atoms with Crippen LogP contribution in [-0.2, 0) is 14.3 Å². The van der Waals surface area contributed by atoms with Crippen LogP contribution in [0.25, 0.3) is 0 Å². The first-order chi connectivity index (χ1) is 8.85. The Morgan fingerprint density at radius 2 is 1.95 bits per heavy atom. The van der Waals surface area contributed by atoms with Crippen molar-refractivity contribution < 1.29 is 34.0 Å². The Kier molecular flexibility index (Phi) is 9.42. The number of aliphatic hydroxyl groups excluding tert-OH is 1. The number of amides is 1. The fourth-order valence-corrected chi connectivity index (χ4v) is 1.62. The van der Waals surface area contributed by atoms with Crippen molar-refractivity contribution in [2.75, 3.05) is 12.7 Å². The second-order valence-corrected chi connectivity index (χ2v) is 4.91. The molecule has 1 unspecified atom stereocenters. The lowest BCUT2D eigenvalue weighted by Crippen LogP contribution is -2.36. The van der Waals surface area contributed by atoms with Gasteiger partial charge in [0.2, 0.25) is 6.29 Å². The maximum atomic E-state index is 11.2. The first-order valence-electron chi connectivity index (χ1n) is 5.82. The van der Waals surface area contributed by atoms with Gasteiger partial charge in [-0.15, -0.1) is 0 Å². The summed E-state index contributed by atoms with van der Waals surface area (Å²) in [7, 11) is -2.21. The van der Waals surface area contributed by atoms with E-state index in [9.17, 15) is 14.7 Å². The summed E-state index contributed by atoms with van der Waals surface area (Å²) in [5, 5.41) is 11.5. The number of carbonyl (C=O) groups is 2. The van der Waals surface area contributed by atoms with Gasteiger partial charge < -0.3 is 29.7 Å². The number of ether oxygens (including phenoxy) is 2. The van der Waals surface area contributed by atoms with Gasteiger partial charge >= 0.3 is 12.1 Å². The molecule has 0 spiro atoms. The molecule has 0 aliphatic heterocycles. The zero-order chi connectivity index (χ0) is 14.8. The molecule has 0 rings (SSSR count). The Morgan fingerprint density at radius 3 is 2.47 bits per heavy atom.